The zero-order valence-electron chi connectivity index (χ0n) is 10.1. The second-order valence-corrected chi connectivity index (χ2v) is 5.06. The zero-order chi connectivity index (χ0) is 12.4. The second kappa shape index (κ2) is 4.88. The van der Waals surface area contributed by atoms with E-state index in [2.05, 4.69) is 28.4 Å². The fraction of sp³-hybridized carbons (Fsp3) is 0.231. The van der Waals surface area contributed by atoms with Crippen LogP contribution in [0.25, 0.3) is 4.96 Å². The second-order valence-electron chi connectivity index (χ2n) is 4.18. The van der Waals surface area contributed by atoms with E-state index in [1.165, 1.54) is 0 Å². The molecule has 18 heavy (non-hydrogen) atoms. The topological polar surface area (TPSA) is 42.2 Å². The molecule has 1 atom stereocenters. The summed E-state index contributed by atoms with van der Waals surface area (Å²) < 4.78 is 2.05. The Balaban J connectivity index is 1.66. The summed E-state index contributed by atoms with van der Waals surface area (Å²) in [7, 11) is 0. The Bertz CT molecular complexity index is 600. The molecule has 0 aliphatic heterocycles. The molecule has 0 bridgehead atoms. The summed E-state index contributed by atoms with van der Waals surface area (Å²) in [6.07, 6.45) is 5.91. The normalized spacial score (nSPS) is 12.9. The minimum atomic E-state index is 0.228. The predicted octanol–water partition coefficient (Wildman–Crippen LogP) is 2.64. The fourth-order valence-corrected chi connectivity index (χ4v) is 2.57. The Labute approximate surface area is 109 Å². The molecule has 1 N–H and O–H groups in total. The summed E-state index contributed by atoms with van der Waals surface area (Å²) in [4.78, 5) is 9.91. The third-order valence-electron chi connectivity index (χ3n) is 2.86. The third-order valence-corrected chi connectivity index (χ3v) is 3.63. The number of aromatic nitrogens is 3. The third kappa shape index (κ3) is 2.27. The summed E-state index contributed by atoms with van der Waals surface area (Å²) in [6, 6.07) is 6.20. The van der Waals surface area contributed by atoms with Crippen LogP contribution in [0.3, 0.4) is 0 Å². The predicted molar refractivity (Wildman–Crippen MR) is 72.6 cm³/mol. The van der Waals surface area contributed by atoms with Crippen LogP contribution in [0.15, 0.2) is 42.2 Å². The van der Waals surface area contributed by atoms with E-state index in [0.717, 1.165) is 22.9 Å². The van der Waals surface area contributed by atoms with E-state index in [-0.39, 0.29) is 6.04 Å². The molecule has 0 amide bonds. The van der Waals surface area contributed by atoms with Crippen LogP contribution in [-0.2, 0) is 6.54 Å². The van der Waals surface area contributed by atoms with Crippen LogP contribution >= 0.6 is 11.3 Å². The summed E-state index contributed by atoms with van der Waals surface area (Å²) in [5.74, 6) is 0. The Morgan fingerprint density at radius 2 is 2.39 bits per heavy atom. The van der Waals surface area contributed by atoms with E-state index < -0.39 is 0 Å². The van der Waals surface area contributed by atoms with Crippen LogP contribution in [-0.4, -0.2) is 14.4 Å². The van der Waals surface area contributed by atoms with Gasteiger partial charge in [0.2, 0.25) is 0 Å². The number of fused-ring (bicyclic) bond motifs is 1. The minimum Gasteiger partial charge on any atom is -0.303 e. The number of nitrogens with zero attached hydrogens (tertiary/aromatic N) is 3. The van der Waals surface area contributed by atoms with Crippen LogP contribution in [0.1, 0.15) is 24.4 Å². The Morgan fingerprint density at radius 3 is 3.17 bits per heavy atom. The molecule has 0 aliphatic carbocycles. The standard InChI is InChI=1S/C13H14N4S/c1-10(12-4-2-3-5-14-12)15-8-11-9-17-6-7-18-13(17)16-11/h2-7,9-10,15H,8H2,1H3/t10-/m1/s1. The molecule has 3 heterocycles. The van der Waals surface area contributed by atoms with Crippen LogP contribution in [0.4, 0.5) is 0 Å². The maximum absolute atomic E-state index is 4.54. The van der Waals surface area contributed by atoms with Gasteiger partial charge in [0, 0.05) is 36.6 Å². The highest BCUT2D eigenvalue weighted by Gasteiger charge is 2.07. The first-order valence-corrected chi connectivity index (χ1v) is 6.76. The first-order valence-electron chi connectivity index (χ1n) is 5.88. The van der Waals surface area contributed by atoms with Crippen molar-refractivity contribution in [2.24, 2.45) is 0 Å². The van der Waals surface area contributed by atoms with Crippen molar-refractivity contribution in [2.45, 2.75) is 19.5 Å². The molecule has 3 aromatic heterocycles. The molecule has 92 valence electrons. The van der Waals surface area contributed by atoms with Gasteiger partial charge in [-0.2, -0.15) is 0 Å². The van der Waals surface area contributed by atoms with Gasteiger partial charge in [-0.3, -0.25) is 9.38 Å². The van der Waals surface area contributed by atoms with Crippen molar-refractivity contribution in [3.05, 3.63) is 53.6 Å². The van der Waals surface area contributed by atoms with E-state index in [0.29, 0.717) is 0 Å². The lowest BCUT2D eigenvalue weighted by Crippen LogP contribution is -2.19. The van der Waals surface area contributed by atoms with Crippen LogP contribution in [0, 0.1) is 0 Å². The highest BCUT2D eigenvalue weighted by molar-refractivity contribution is 7.15. The highest BCUT2D eigenvalue weighted by Crippen LogP contribution is 2.13. The van der Waals surface area contributed by atoms with Gasteiger partial charge in [0.05, 0.1) is 11.4 Å². The number of pyridine rings is 1. The van der Waals surface area contributed by atoms with Gasteiger partial charge in [0.15, 0.2) is 4.96 Å². The van der Waals surface area contributed by atoms with Gasteiger partial charge in [-0.05, 0) is 19.1 Å². The molecule has 0 radical (unpaired) electrons. The van der Waals surface area contributed by atoms with E-state index >= 15 is 0 Å². The molecular formula is C13H14N4S. The van der Waals surface area contributed by atoms with Crippen molar-refractivity contribution in [3.8, 4) is 0 Å². The Hall–Kier alpha value is -1.72. The SMILES string of the molecule is C[C@@H](NCc1cn2ccsc2n1)c1ccccn1. The zero-order valence-corrected chi connectivity index (χ0v) is 10.9. The van der Waals surface area contributed by atoms with E-state index in [4.69, 9.17) is 0 Å². The van der Waals surface area contributed by atoms with Gasteiger partial charge < -0.3 is 5.32 Å². The first-order chi connectivity index (χ1) is 8.83. The number of nitrogens with one attached hydrogen (secondary N) is 1. The molecular weight excluding hydrogens is 244 g/mol. The Kier molecular flexibility index (Phi) is 3.08. The van der Waals surface area contributed by atoms with E-state index in [1.54, 1.807) is 11.3 Å². The number of rotatable bonds is 4. The van der Waals surface area contributed by atoms with Gasteiger partial charge in [-0.1, -0.05) is 6.07 Å². The maximum Gasteiger partial charge on any atom is 0.193 e. The Morgan fingerprint density at radius 1 is 1.44 bits per heavy atom. The number of hydrogen-bond donors (Lipinski definition) is 1. The van der Waals surface area contributed by atoms with Crippen LogP contribution in [0.2, 0.25) is 0 Å². The lowest BCUT2D eigenvalue weighted by Gasteiger charge is -2.11. The summed E-state index contributed by atoms with van der Waals surface area (Å²) >= 11 is 1.65. The number of imidazole rings is 1. The molecule has 0 fully saturated rings. The van der Waals surface area contributed by atoms with Gasteiger partial charge in [0.1, 0.15) is 0 Å². The van der Waals surface area contributed by atoms with Crippen molar-refractivity contribution < 1.29 is 0 Å². The smallest absolute Gasteiger partial charge is 0.193 e. The van der Waals surface area contributed by atoms with Crippen LogP contribution < -0.4 is 5.32 Å². The lowest BCUT2D eigenvalue weighted by molar-refractivity contribution is 0.556. The lowest BCUT2D eigenvalue weighted by atomic mass is 10.2. The molecule has 3 rings (SSSR count). The fourth-order valence-electron chi connectivity index (χ4n) is 1.86. The quantitative estimate of drug-likeness (QED) is 0.782. The summed E-state index contributed by atoms with van der Waals surface area (Å²) in [5, 5.41) is 5.47. The molecule has 0 aromatic carbocycles. The molecule has 0 unspecified atom stereocenters. The van der Waals surface area contributed by atoms with Crippen molar-refractivity contribution in [2.75, 3.05) is 0 Å². The largest absolute Gasteiger partial charge is 0.303 e. The van der Waals surface area contributed by atoms with Gasteiger partial charge in [0.25, 0.3) is 0 Å². The summed E-state index contributed by atoms with van der Waals surface area (Å²) in [5.41, 5.74) is 2.11. The first kappa shape index (κ1) is 11.4. The molecule has 5 heteroatoms. The molecule has 4 nitrogen and oxygen atoms in total. The molecule has 0 saturated carbocycles. The van der Waals surface area contributed by atoms with Crippen molar-refractivity contribution in [1.29, 1.82) is 0 Å². The van der Waals surface area contributed by atoms with Crippen molar-refractivity contribution in [3.63, 3.8) is 0 Å². The van der Waals surface area contributed by atoms with Gasteiger partial charge in [-0.15, -0.1) is 11.3 Å². The highest BCUT2D eigenvalue weighted by atomic mass is 32.1. The van der Waals surface area contributed by atoms with Crippen LogP contribution in [0.5, 0.6) is 0 Å². The average molecular weight is 258 g/mol. The van der Waals surface area contributed by atoms with Crippen molar-refractivity contribution in [1.82, 2.24) is 19.7 Å². The monoisotopic (exact) mass is 258 g/mol. The van der Waals surface area contributed by atoms with Crippen molar-refractivity contribution >= 4 is 16.3 Å². The summed E-state index contributed by atoms with van der Waals surface area (Å²) in [6.45, 7) is 2.87. The van der Waals surface area contributed by atoms with E-state index in [9.17, 15) is 0 Å². The molecule has 3 aromatic rings. The molecule has 0 saturated heterocycles. The average Bonchev–Trinajstić information content (AvgIpc) is 2.97. The van der Waals surface area contributed by atoms with Gasteiger partial charge in [-0.25, -0.2) is 4.98 Å². The minimum absolute atomic E-state index is 0.228. The van der Waals surface area contributed by atoms with E-state index in [1.807, 2.05) is 40.4 Å². The number of thiazole rings is 1. The molecule has 0 aliphatic rings. The van der Waals surface area contributed by atoms with Gasteiger partial charge >= 0.3 is 0 Å². The maximum atomic E-state index is 4.54. The molecule has 0 spiro atoms. The number of hydrogen-bond acceptors (Lipinski definition) is 4.